The van der Waals surface area contributed by atoms with Gasteiger partial charge in [-0.2, -0.15) is 5.26 Å². The van der Waals surface area contributed by atoms with E-state index in [1.807, 2.05) is 24.3 Å². The summed E-state index contributed by atoms with van der Waals surface area (Å²) in [6.45, 7) is 3.21. The molecule has 1 aliphatic rings. The molecule has 154 valence electrons. The Hall–Kier alpha value is -2.11. The van der Waals surface area contributed by atoms with E-state index in [0.717, 1.165) is 6.61 Å². The predicted octanol–water partition coefficient (Wildman–Crippen LogP) is 7.63. The molecule has 1 saturated carbocycles. The van der Waals surface area contributed by atoms with Gasteiger partial charge in [0, 0.05) is 6.61 Å². The minimum atomic E-state index is 0.472. The van der Waals surface area contributed by atoms with Crippen molar-refractivity contribution in [3.63, 3.8) is 0 Å². The molecule has 2 nitrogen and oxygen atoms in total. The number of nitrogens with zero attached hydrogens (tertiary/aromatic N) is 1. The highest BCUT2D eigenvalue weighted by molar-refractivity contribution is 5.64. The van der Waals surface area contributed by atoms with Crippen LogP contribution in [0, 0.1) is 11.3 Å². The lowest BCUT2D eigenvalue weighted by Gasteiger charge is -2.29. The van der Waals surface area contributed by atoms with E-state index >= 15 is 0 Å². The molecule has 1 fully saturated rings. The second-order valence-corrected chi connectivity index (χ2v) is 8.42. The standard InChI is InChI=1S/C27H35NO/c1-2-3-4-5-6-7-20-29-27-18-16-26(17-19-27)25-14-12-24(13-15-25)23-10-8-22(21-28)9-11-23/h8-15,26-27H,2-7,16-20H2,1H3. The molecular weight excluding hydrogens is 354 g/mol. The molecule has 2 aromatic rings. The first-order valence-corrected chi connectivity index (χ1v) is 11.5. The molecule has 0 spiro atoms. The smallest absolute Gasteiger partial charge is 0.0991 e. The Morgan fingerprint density at radius 3 is 2.00 bits per heavy atom. The summed E-state index contributed by atoms with van der Waals surface area (Å²) < 4.78 is 6.15. The molecule has 0 aliphatic heterocycles. The molecule has 3 rings (SSSR count). The summed E-state index contributed by atoms with van der Waals surface area (Å²) in [7, 11) is 0. The summed E-state index contributed by atoms with van der Waals surface area (Å²) in [5.74, 6) is 0.666. The lowest BCUT2D eigenvalue weighted by molar-refractivity contribution is 0.0226. The highest BCUT2D eigenvalue weighted by Crippen LogP contribution is 2.35. The van der Waals surface area contributed by atoms with E-state index in [1.54, 1.807) is 0 Å². The fraction of sp³-hybridized carbons (Fsp3) is 0.519. The lowest BCUT2D eigenvalue weighted by Crippen LogP contribution is -2.21. The highest BCUT2D eigenvalue weighted by Gasteiger charge is 2.22. The third kappa shape index (κ3) is 6.72. The van der Waals surface area contributed by atoms with Crippen molar-refractivity contribution < 1.29 is 4.74 Å². The molecule has 29 heavy (non-hydrogen) atoms. The molecular formula is C27H35NO. The average molecular weight is 390 g/mol. The maximum absolute atomic E-state index is 8.94. The molecule has 0 saturated heterocycles. The quantitative estimate of drug-likeness (QED) is 0.391. The van der Waals surface area contributed by atoms with Gasteiger partial charge in [-0.05, 0) is 66.8 Å². The molecule has 2 heteroatoms. The van der Waals surface area contributed by atoms with Crippen molar-refractivity contribution in [1.82, 2.24) is 0 Å². The molecule has 0 N–H and O–H groups in total. The monoisotopic (exact) mass is 389 g/mol. The summed E-state index contributed by atoms with van der Waals surface area (Å²) in [6, 6.07) is 19.0. The van der Waals surface area contributed by atoms with E-state index in [4.69, 9.17) is 10.00 Å². The zero-order valence-corrected chi connectivity index (χ0v) is 17.9. The third-order valence-corrected chi connectivity index (χ3v) is 6.26. The van der Waals surface area contributed by atoms with Crippen LogP contribution in [-0.4, -0.2) is 12.7 Å². The number of ether oxygens (including phenoxy) is 1. The van der Waals surface area contributed by atoms with Crippen molar-refractivity contribution in [2.75, 3.05) is 6.61 Å². The molecule has 0 amide bonds. The van der Waals surface area contributed by atoms with Crippen molar-refractivity contribution in [2.45, 2.75) is 83.2 Å². The Labute approximate surface area is 176 Å². The Kier molecular flexibility index (Phi) is 8.78. The van der Waals surface area contributed by atoms with Gasteiger partial charge in [0.1, 0.15) is 0 Å². The van der Waals surface area contributed by atoms with E-state index in [-0.39, 0.29) is 0 Å². The van der Waals surface area contributed by atoms with Gasteiger partial charge >= 0.3 is 0 Å². The van der Waals surface area contributed by atoms with E-state index in [0.29, 0.717) is 17.6 Å². The highest BCUT2D eigenvalue weighted by atomic mass is 16.5. The molecule has 0 heterocycles. The number of rotatable bonds is 10. The van der Waals surface area contributed by atoms with Crippen LogP contribution in [-0.2, 0) is 4.74 Å². The molecule has 0 bridgehead atoms. The largest absolute Gasteiger partial charge is 0.378 e. The van der Waals surface area contributed by atoms with Gasteiger partial charge in [-0.3, -0.25) is 0 Å². The van der Waals surface area contributed by atoms with Gasteiger partial charge in [0.25, 0.3) is 0 Å². The average Bonchev–Trinajstić information content (AvgIpc) is 2.79. The fourth-order valence-corrected chi connectivity index (χ4v) is 4.38. The Bertz CT molecular complexity index is 749. The van der Waals surface area contributed by atoms with Crippen LogP contribution < -0.4 is 0 Å². The van der Waals surface area contributed by atoms with E-state index in [2.05, 4.69) is 37.3 Å². The number of unbranched alkanes of at least 4 members (excludes halogenated alkanes) is 5. The zero-order valence-electron chi connectivity index (χ0n) is 17.9. The summed E-state index contributed by atoms with van der Waals surface area (Å²) in [4.78, 5) is 0. The topological polar surface area (TPSA) is 33.0 Å². The summed E-state index contributed by atoms with van der Waals surface area (Å²) in [5, 5.41) is 8.94. The first-order chi connectivity index (χ1) is 14.3. The van der Waals surface area contributed by atoms with Gasteiger partial charge in [0.15, 0.2) is 0 Å². The Balaban J connectivity index is 1.40. The van der Waals surface area contributed by atoms with Gasteiger partial charge in [0.05, 0.1) is 17.7 Å². The second kappa shape index (κ2) is 11.8. The van der Waals surface area contributed by atoms with Crippen LogP contribution in [0.25, 0.3) is 11.1 Å². The van der Waals surface area contributed by atoms with Gasteiger partial charge in [0.2, 0.25) is 0 Å². The molecule has 0 atom stereocenters. The van der Waals surface area contributed by atoms with E-state index in [1.165, 1.54) is 80.9 Å². The van der Waals surface area contributed by atoms with Crippen LogP contribution in [0.5, 0.6) is 0 Å². The van der Waals surface area contributed by atoms with Crippen molar-refractivity contribution >= 4 is 0 Å². The Morgan fingerprint density at radius 1 is 0.793 bits per heavy atom. The van der Waals surface area contributed by atoms with Crippen LogP contribution in [0.3, 0.4) is 0 Å². The summed E-state index contributed by atoms with van der Waals surface area (Å²) >= 11 is 0. The number of nitriles is 1. The van der Waals surface area contributed by atoms with Crippen molar-refractivity contribution in [3.05, 3.63) is 59.7 Å². The second-order valence-electron chi connectivity index (χ2n) is 8.42. The zero-order chi connectivity index (χ0) is 20.3. The number of hydrogen-bond donors (Lipinski definition) is 0. The van der Waals surface area contributed by atoms with Crippen LogP contribution in [0.1, 0.15) is 88.2 Å². The Morgan fingerprint density at radius 2 is 1.38 bits per heavy atom. The van der Waals surface area contributed by atoms with Gasteiger partial charge in [-0.15, -0.1) is 0 Å². The normalized spacial score (nSPS) is 19.0. The number of hydrogen-bond acceptors (Lipinski definition) is 2. The fourth-order valence-electron chi connectivity index (χ4n) is 4.38. The van der Waals surface area contributed by atoms with Crippen molar-refractivity contribution in [3.8, 4) is 17.2 Å². The SMILES string of the molecule is CCCCCCCCOC1CCC(c2ccc(-c3ccc(C#N)cc3)cc2)CC1. The van der Waals surface area contributed by atoms with Crippen LogP contribution in [0.2, 0.25) is 0 Å². The first kappa shape index (κ1) is 21.6. The van der Waals surface area contributed by atoms with Crippen LogP contribution >= 0.6 is 0 Å². The van der Waals surface area contributed by atoms with Crippen LogP contribution in [0.15, 0.2) is 48.5 Å². The van der Waals surface area contributed by atoms with Crippen molar-refractivity contribution in [2.24, 2.45) is 0 Å². The van der Waals surface area contributed by atoms with Gasteiger partial charge < -0.3 is 4.74 Å². The molecule has 1 aliphatic carbocycles. The van der Waals surface area contributed by atoms with Gasteiger partial charge in [-0.25, -0.2) is 0 Å². The molecule has 2 aromatic carbocycles. The minimum absolute atomic E-state index is 0.472. The summed E-state index contributed by atoms with van der Waals surface area (Å²) in [6.07, 6.45) is 13.3. The maximum Gasteiger partial charge on any atom is 0.0991 e. The minimum Gasteiger partial charge on any atom is -0.378 e. The lowest BCUT2D eigenvalue weighted by atomic mass is 9.82. The van der Waals surface area contributed by atoms with Gasteiger partial charge in [-0.1, -0.05) is 75.4 Å². The number of benzene rings is 2. The maximum atomic E-state index is 8.94. The summed E-state index contributed by atoms with van der Waals surface area (Å²) in [5.41, 5.74) is 4.55. The molecule has 0 unspecified atom stereocenters. The van der Waals surface area contributed by atoms with E-state index in [9.17, 15) is 0 Å². The molecule has 0 radical (unpaired) electrons. The first-order valence-electron chi connectivity index (χ1n) is 11.5. The van der Waals surface area contributed by atoms with Crippen molar-refractivity contribution in [1.29, 1.82) is 5.26 Å². The van der Waals surface area contributed by atoms with E-state index < -0.39 is 0 Å². The van der Waals surface area contributed by atoms with Crippen LogP contribution in [0.4, 0.5) is 0 Å². The molecule has 0 aromatic heterocycles. The predicted molar refractivity (Wildman–Crippen MR) is 121 cm³/mol. The third-order valence-electron chi connectivity index (χ3n) is 6.26.